The first-order chi connectivity index (χ1) is 16.7. The summed E-state index contributed by atoms with van der Waals surface area (Å²) in [5.41, 5.74) is 11.8. The minimum Gasteiger partial charge on any atom is -0.384 e. The number of benzene rings is 1. The Bertz CT molecular complexity index is 1180. The first-order valence-corrected chi connectivity index (χ1v) is 12.4. The average molecular weight is 540 g/mol. The van der Waals surface area contributed by atoms with Gasteiger partial charge < -0.3 is 20.6 Å². The van der Waals surface area contributed by atoms with Crippen molar-refractivity contribution in [1.29, 1.82) is 0 Å². The lowest BCUT2D eigenvalue weighted by Crippen LogP contribution is -2.59. The van der Waals surface area contributed by atoms with Crippen LogP contribution in [0.3, 0.4) is 0 Å². The molecule has 1 atom stereocenters. The molecule has 0 radical (unpaired) electrons. The quantitative estimate of drug-likeness (QED) is 0.323. The number of nitrogens with two attached hydrogens (primary N) is 2. The summed E-state index contributed by atoms with van der Waals surface area (Å²) in [5.74, 6) is -0.298. The summed E-state index contributed by atoms with van der Waals surface area (Å²) in [6.07, 6.45) is 7.42. The number of anilines is 2. The number of hydrogen-bond donors (Lipinski definition) is 4. The Morgan fingerprint density at radius 2 is 1.92 bits per heavy atom. The van der Waals surface area contributed by atoms with Crippen LogP contribution < -0.4 is 16.8 Å². The normalized spacial score (nSPS) is 19.3. The molecule has 0 saturated carbocycles. The van der Waals surface area contributed by atoms with E-state index in [-0.39, 0.29) is 24.6 Å². The van der Waals surface area contributed by atoms with E-state index in [4.69, 9.17) is 16.0 Å². The summed E-state index contributed by atoms with van der Waals surface area (Å²) in [4.78, 5) is 17.5. The van der Waals surface area contributed by atoms with Gasteiger partial charge in [-0.2, -0.15) is 13.5 Å². The lowest BCUT2D eigenvalue weighted by atomic mass is 9.92. The molecule has 1 saturated heterocycles. The predicted molar refractivity (Wildman–Crippen MR) is 138 cm³/mol. The molecule has 3 heterocycles. The fourth-order valence-electron chi connectivity index (χ4n) is 3.87. The number of azo groups is 1. The lowest BCUT2D eigenvalue weighted by Gasteiger charge is -2.46. The number of pyridine rings is 1. The van der Waals surface area contributed by atoms with Crippen LogP contribution >= 0.6 is 12.4 Å². The van der Waals surface area contributed by atoms with Gasteiger partial charge in [0.2, 0.25) is 0 Å². The summed E-state index contributed by atoms with van der Waals surface area (Å²) in [6.45, 7) is 1.52. The third-order valence-electron chi connectivity index (χ3n) is 5.43. The molecule has 0 amide bonds. The average Bonchev–Trinajstić information content (AvgIpc) is 3.00. The van der Waals surface area contributed by atoms with Crippen molar-refractivity contribution >= 4 is 51.8 Å². The van der Waals surface area contributed by atoms with Gasteiger partial charge in [0.15, 0.2) is 5.82 Å². The first-order valence-electron chi connectivity index (χ1n) is 11.0. The van der Waals surface area contributed by atoms with Crippen molar-refractivity contribution in [2.24, 2.45) is 10.2 Å². The van der Waals surface area contributed by atoms with Crippen LogP contribution in [0.15, 0.2) is 65.0 Å². The number of fused-ring (bicyclic) bond motifs is 1. The summed E-state index contributed by atoms with van der Waals surface area (Å²) < 4.78 is 33.7. The number of nitrogens with one attached hydrogen (secondary N) is 1. The van der Waals surface area contributed by atoms with E-state index in [1.807, 2.05) is 47.5 Å². The molecule has 6 N–H and O–H groups in total. The maximum atomic E-state index is 11.6. The number of nitrogen functional groups attached to an aromatic ring is 2. The van der Waals surface area contributed by atoms with Crippen LogP contribution in [-0.4, -0.2) is 47.6 Å². The van der Waals surface area contributed by atoms with E-state index < -0.39 is 22.0 Å². The van der Waals surface area contributed by atoms with Crippen molar-refractivity contribution in [3.8, 4) is 0 Å². The zero-order chi connectivity index (χ0) is 25.3. The molecular formula is C22H30ClN7O5S. The zero-order valence-electron chi connectivity index (χ0n) is 19.5. The Labute approximate surface area is 216 Å². The molecule has 1 aromatic heterocycles. The summed E-state index contributed by atoms with van der Waals surface area (Å²) in [6, 6.07) is 12.7. The van der Waals surface area contributed by atoms with E-state index in [9.17, 15) is 13.2 Å². The molecule has 1 fully saturated rings. The molecule has 12 nitrogen and oxygen atoms in total. The second-order valence-electron chi connectivity index (χ2n) is 8.02. The summed E-state index contributed by atoms with van der Waals surface area (Å²) in [7, 11) is -4.74. The molecule has 0 bridgehead atoms. The van der Waals surface area contributed by atoms with Gasteiger partial charge >= 0.3 is 16.4 Å². The highest BCUT2D eigenvalue weighted by Crippen LogP contribution is 2.31. The second kappa shape index (κ2) is 13.2. The monoisotopic (exact) mass is 539 g/mol. The summed E-state index contributed by atoms with van der Waals surface area (Å²) in [5, 5.41) is 11.3. The SMILES string of the molecule is Cl.Nc1ccc(/N=N/c2ccccc2)c(N)n1.O=C(CC12CCCCN1C=CCCN2)OS(=O)(=O)O. The minimum atomic E-state index is -4.74. The predicted octanol–water partition coefficient (Wildman–Crippen LogP) is 3.49. The molecule has 4 rings (SSSR count). The van der Waals surface area contributed by atoms with Crippen molar-refractivity contribution in [2.45, 2.75) is 37.8 Å². The lowest BCUT2D eigenvalue weighted by molar-refractivity contribution is -0.138. The van der Waals surface area contributed by atoms with Crippen LogP contribution in [-0.2, 0) is 19.4 Å². The molecule has 2 aliphatic rings. The molecule has 196 valence electrons. The zero-order valence-corrected chi connectivity index (χ0v) is 21.1. The van der Waals surface area contributed by atoms with E-state index in [2.05, 4.69) is 24.7 Å². The van der Waals surface area contributed by atoms with Crippen LogP contribution in [0.1, 0.15) is 32.1 Å². The second-order valence-corrected chi connectivity index (χ2v) is 9.04. The highest BCUT2D eigenvalue weighted by Gasteiger charge is 2.40. The van der Waals surface area contributed by atoms with E-state index in [0.717, 1.165) is 37.9 Å². The van der Waals surface area contributed by atoms with E-state index in [0.29, 0.717) is 18.1 Å². The Kier molecular flexibility index (Phi) is 10.6. The number of piperidine rings is 1. The molecule has 0 aliphatic carbocycles. The van der Waals surface area contributed by atoms with Gasteiger partial charge in [-0.3, -0.25) is 14.7 Å². The molecule has 1 aromatic carbocycles. The fraction of sp³-hybridized carbons (Fsp3) is 0.364. The number of aromatic nitrogens is 1. The van der Waals surface area contributed by atoms with Gasteiger partial charge in [-0.15, -0.1) is 17.5 Å². The Morgan fingerprint density at radius 3 is 2.61 bits per heavy atom. The smallest absolute Gasteiger partial charge is 0.384 e. The highest BCUT2D eigenvalue weighted by molar-refractivity contribution is 7.81. The Morgan fingerprint density at radius 1 is 1.17 bits per heavy atom. The minimum absolute atomic E-state index is 0. The molecule has 1 unspecified atom stereocenters. The molecule has 36 heavy (non-hydrogen) atoms. The standard InChI is InChI=1S/C11H11N5.C11H18N2O5S.ClH/c12-10-7-6-9(11(13)14-10)16-15-8-4-2-1-3-5-8;14-10(18-19(15,16)17)9-11-5-1-3-7-13(11)8-4-2-6-12-11;/h1-7H,(H4,12,13,14);4,8,12H,1-3,5-7,9H2,(H,15,16,17);1H/b16-15+;;. The maximum absolute atomic E-state index is 11.6. The number of nitrogens with zero attached hydrogens (tertiary/aromatic N) is 4. The van der Waals surface area contributed by atoms with Crippen molar-refractivity contribution in [1.82, 2.24) is 15.2 Å². The molecular weight excluding hydrogens is 510 g/mol. The first kappa shape index (κ1) is 29.0. The Balaban J connectivity index is 0.000000250. The van der Waals surface area contributed by atoms with Crippen LogP contribution in [0, 0.1) is 0 Å². The topological polar surface area (TPSA) is 186 Å². The van der Waals surface area contributed by atoms with Crippen molar-refractivity contribution in [3.63, 3.8) is 0 Å². The number of rotatable bonds is 5. The van der Waals surface area contributed by atoms with Crippen molar-refractivity contribution in [3.05, 3.63) is 54.7 Å². The Hall–Kier alpha value is -3.26. The van der Waals surface area contributed by atoms with Crippen LogP contribution in [0.25, 0.3) is 0 Å². The van der Waals surface area contributed by atoms with Gasteiger partial charge in [0, 0.05) is 13.1 Å². The van der Waals surface area contributed by atoms with Gasteiger partial charge in [0.05, 0.1) is 12.1 Å². The summed E-state index contributed by atoms with van der Waals surface area (Å²) >= 11 is 0. The van der Waals surface area contributed by atoms with E-state index >= 15 is 0 Å². The molecule has 2 aliphatic heterocycles. The van der Waals surface area contributed by atoms with Crippen LogP contribution in [0.5, 0.6) is 0 Å². The molecule has 0 spiro atoms. The van der Waals surface area contributed by atoms with Gasteiger partial charge in [-0.1, -0.05) is 24.3 Å². The number of hydrogen-bond acceptors (Lipinski definition) is 11. The highest BCUT2D eigenvalue weighted by atomic mass is 35.5. The van der Waals surface area contributed by atoms with Gasteiger partial charge in [-0.25, -0.2) is 4.98 Å². The number of halogens is 1. The van der Waals surface area contributed by atoms with Gasteiger partial charge in [0.1, 0.15) is 17.2 Å². The third kappa shape index (κ3) is 8.75. The van der Waals surface area contributed by atoms with Crippen molar-refractivity contribution < 1.29 is 21.9 Å². The fourth-order valence-corrected chi connectivity index (χ4v) is 4.16. The van der Waals surface area contributed by atoms with Crippen LogP contribution in [0.2, 0.25) is 0 Å². The number of carbonyl (C=O) groups is 1. The van der Waals surface area contributed by atoms with E-state index in [1.54, 1.807) is 12.1 Å². The molecule has 14 heteroatoms. The number of carbonyl (C=O) groups excluding carboxylic acids is 1. The molecule has 2 aromatic rings. The largest absolute Gasteiger partial charge is 0.448 e. The van der Waals surface area contributed by atoms with Gasteiger partial charge in [-0.05, 0) is 56.1 Å². The third-order valence-corrected chi connectivity index (χ3v) is 5.82. The van der Waals surface area contributed by atoms with E-state index in [1.165, 1.54) is 0 Å². The van der Waals surface area contributed by atoms with Gasteiger partial charge in [0.25, 0.3) is 0 Å². The van der Waals surface area contributed by atoms with Crippen molar-refractivity contribution in [2.75, 3.05) is 24.6 Å². The maximum Gasteiger partial charge on any atom is 0.448 e. The van der Waals surface area contributed by atoms with Crippen LogP contribution in [0.4, 0.5) is 23.0 Å².